The second-order valence-corrected chi connectivity index (χ2v) is 9.57. The Hall–Kier alpha value is -1.71. The molecule has 1 heterocycles. The normalized spacial score (nSPS) is 17.5. The van der Waals surface area contributed by atoms with E-state index < -0.39 is 15.1 Å². The van der Waals surface area contributed by atoms with Crippen molar-refractivity contribution in [1.29, 1.82) is 0 Å². The van der Waals surface area contributed by atoms with Crippen LogP contribution in [0.2, 0.25) is 5.02 Å². The molecular weight excluding hydrogens is 406 g/mol. The average molecular weight is 434 g/mol. The minimum Gasteiger partial charge on any atom is -0.493 e. The van der Waals surface area contributed by atoms with Crippen LogP contribution in [0.25, 0.3) is 0 Å². The van der Waals surface area contributed by atoms with E-state index in [-0.39, 0.29) is 34.0 Å². The number of rotatable bonds is 7. The molecule has 10 heteroatoms. The number of benzene rings is 1. The molecule has 2 amide bonds. The number of halogens is 1. The average Bonchev–Trinajstić information content (AvgIpc) is 2.66. The smallest absolute Gasteiger partial charge is 0.317 e. The molecule has 0 saturated carbocycles. The Morgan fingerprint density at radius 2 is 2.04 bits per heavy atom. The fourth-order valence-corrected chi connectivity index (χ4v) is 5.27. The minimum absolute atomic E-state index is 0.0648. The highest BCUT2D eigenvalue weighted by molar-refractivity contribution is 7.92. The lowest BCUT2D eigenvalue weighted by Gasteiger charge is -2.32. The maximum atomic E-state index is 13.2. The Labute approximate surface area is 171 Å². The molecular formula is C18H28ClN3O5S. The van der Waals surface area contributed by atoms with Crippen molar-refractivity contribution in [2.75, 3.05) is 54.5 Å². The van der Waals surface area contributed by atoms with E-state index in [0.717, 1.165) is 0 Å². The van der Waals surface area contributed by atoms with Gasteiger partial charge in [0.2, 0.25) is 0 Å². The number of likely N-dealkylation sites (tertiary alicyclic amines) is 1. The van der Waals surface area contributed by atoms with Crippen LogP contribution in [-0.2, 0) is 9.84 Å². The van der Waals surface area contributed by atoms with Gasteiger partial charge in [-0.3, -0.25) is 0 Å². The van der Waals surface area contributed by atoms with Crippen LogP contribution in [0.5, 0.6) is 11.5 Å². The van der Waals surface area contributed by atoms with Crippen LogP contribution in [0.15, 0.2) is 17.0 Å². The molecule has 1 aromatic rings. The first-order valence-electron chi connectivity index (χ1n) is 9.03. The van der Waals surface area contributed by atoms with Gasteiger partial charge >= 0.3 is 6.03 Å². The Kier molecular flexibility index (Phi) is 7.79. The van der Waals surface area contributed by atoms with Crippen LogP contribution in [-0.4, -0.2) is 84.0 Å². The van der Waals surface area contributed by atoms with E-state index in [1.807, 2.05) is 19.0 Å². The number of sulfone groups is 1. The molecule has 0 aromatic heterocycles. The van der Waals surface area contributed by atoms with Gasteiger partial charge < -0.3 is 24.6 Å². The molecule has 158 valence electrons. The van der Waals surface area contributed by atoms with E-state index in [2.05, 4.69) is 5.32 Å². The summed E-state index contributed by atoms with van der Waals surface area (Å²) in [5, 5.41) is 2.29. The number of nitrogens with one attached hydrogen (secondary N) is 1. The van der Waals surface area contributed by atoms with E-state index in [1.54, 1.807) is 4.90 Å². The summed E-state index contributed by atoms with van der Waals surface area (Å²) >= 11 is 6.17. The van der Waals surface area contributed by atoms with Gasteiger partial charge in [0.05, 0.1) is 29.4 Å². The van der Waals surface area contributed by atoms with Gasteiger partial charge in [0.15, 0.2) is 21.3 Å². The largest absolute Gasteiger partial charge is 0.493 e. The van der Waals surface area contributed by atoms with Crippen LogP contribution >= 0.6 is 11.6 Å². The third kappa shape index (κ3) is 5.21. The summed E-state index contributed by atoms with van der Waals surface area (Å²) in [7, 11) is 3.01. The molecule has 1 N–H and O–H groups in total. The predicted molar refractivity (Wildman–Crippen MR) is 108 cm³/mol. The van der Waals surface area contributed by atoms with Gasteiger partial charge in [-0.25, -0.2) is 13.2 Å². The van der Waals surface area contributed by atoms with Crippen molar-refractivity contribution in [2.24, 2.45) is 0 Å². The van der Waals surface area contributed by atoms with Crippen molar-refractivity contribution < 1.29 is 22.7 Å². The van der Waals surface area contributed by atoms with Gasteiger partial charge in [-0.05, 0) is 33.0 Å². The first kappa shape index (κ1) is 22.6. The van der Waals surface area contributed by atoms with Crippen LogP contribution in [0.1, 0.15) is 12.8 Å². The topological polar surface area (TPSA) is 88.2 Å². The lowest BCUT2D eigenvalue weighted by atomic mass is 10.1. The number of methoxy groups -OCH3 is 2. The van der Waals surface area contributed by atoms with Gasteiger partial charge in [-0.1, -0.05) is 11.6 Å². The molecule has 0 aliphatic carbocycles. The van der Waals surface area contributed by atoms with Crippen molar-refractivity contribution in [1.82, 2.24) is 15.1 Å². The molecule has 0 bridgehead atoms. The van der Waals surface area contributed by atoms with E-state index >= 15 is 0 Å². The molecule has 2 rings (SSSR count). The fraction of sp³-hybridized carbons (Fsp3) is 0.611. The number of hydrogen-bond acceptors (Lipinski definition) is 6. The summed E-state index contributed by atoms with van der Waals surface area (Å²) in [5.74, 6) is 0.538. The molecule has 28 heavy (non-hydrogen) atoms. The number of carbonyl (C=O) groups excluding carboxylic acids is 1. The van der Waals surface area contributed by atoms with E-state index in [1.165, 1.54) is 26.4 Å². The SMILES string of the molecule is COc1cc(S(=O)(=O)C2CCCN(C(=O)NCCN(C)C)C2)cc(Cl)c1OC. The molecule has 1 aliphatic rings. The van der Waals surface area contributed by atoms with Gasteiger partial charge in [-0.15, -0.1) is 0 Å². The molecule has 1 atom stereocenters. The first-order chi connectivity index (χ1) is 13.2. The number of likely N-dealkylation sites (N-methyl/N-ethyl adjacent to an activating group) is 1. The van der Waals surface area contributed by atoms with Crippen molar-refractivity contribution in [3.63, 3.8) is 0 Å². The zero-order valence-corrected chi connectivity index (χ0v) is 18.3. The van der Waals surface area contributed by atoms with Gasteiger partial charge in [0, 0.05) is 32.2 Å². The summed E-state index contributed by atoms with van der Waals surface area (Å²) < 4.78 is 36.7. The molecule has 1 aromatic carbocycles. The maximum Gasteiger partial charge on any atom is 0.317 e. The number of nitrogens with zero attached hydrogens (tertiary/aromatic N) is 2. The second kappa shape index (κ2) is 9.67. The molecule has 0 spiro atoms. The van der Waals surface area contributed by atoms with Crippen LogP contribution in [0, 0.1) is 0 Å². The Balaban J connectivity index is 2.17. The number of carbonyl (C=O) groups is 1. The number of amides is 2. The summed E-state index contributed by atoms with van der Waals surface area (Å²) in [5.41, 5.74) is 0. The third-order valence-electron chi connectivity index (χ3n) is 4.68. The Morgan fingerprint density at radius 1 is 1.32 bits per heavy atom. The fourth-order valence-electron chi connectivity index (χ4n) is 3.13. The number of piperidine rings is 1. The summed E-state index contributed by atoms with van der Waals surface area (Å²) in [6, 6.07) is 2.54. The zero-order chi connectivity index (χ0) is 20.9. The highest BCUT2D eigenvalue weighted by Gasteiger charge is 2.34. The summed E-state index contributed by atoms with van der Waals surface area (Å²) in [6.45, 7) is 1.89. The number of urea groups is 1. The van der Waals surface area contributed by atoms with Crippen molar-refractivity contribution >= 4 is 27.5 Å². The molecule has 8 nitrogen and oxygen atoms in total. The Morgan fingerprint density at radius 3 is 2.64 bits per heavy atom. The highest BCUT2D eigenvalue weighted by Crippen LogP contribution is 2.38. The second-order valence-electron chi connectivity index (χ2n) is 6.93. The zero-order valence-electron chi connectivity index (χ0n) is 16.7. The van der Waals surface area contributed by atoms with Gasteiger partial charge in [0.25, 0.3) is 0 Å². The molecule has 1 fully saturated rings. The van der Waals surface area contributed by atoms with E-state index in [9.17, 15) is 13.2 Å². The van der Waals surface area contributed by atoms with Gasteiger partial charge in [-0.2, -0.15) is 0 Å². The van der Waals surface area contributed by atoms with Crippen molar-refractivity contribution in [2.45, 2.75) is 23.0 Å². The molecule has 1 unspecified atom stereocenters. The van der Waals surface area contributed by atoms with Gasteiger partial charge in [0.1, 0.15) is 0 Å². The first-order valence-corrected chi connectivity index (χ1v) is 11.0. The Bertz CT molecular complexity index is 801. The lowest BCUT2D eigenvalue weighted by molar-refractivity contribution is 0.186. The molecule has 1 saturated heterocycles. The van der Waals surface area contributed by atoms with Crippen LogP contribution in [0.3, 0.4) is 0 Å². The molecule has 0 radical (unpaired) electrons. The number of hydrogen-bond donors (Lipinski definition) is 1. The van der Waals surface area contributed by atoms with Crippen LogP contribution < -0.4 is 14.8 Å². The standard InChI is InChI=1S/C18H28ClN3O5S/c1-21(2)9-7-20-18(23)22-8-5-6-13(12-22)28(24,25)14-10-15(19)17(27-4)16(11-14)26-3/h10-11,13H,5-9,12H2,1-4H3,(H,20,23). The predicted octanol–water partition coefficient (Wildman–Crippen LogP) is 1.87. The maximum absolute atomic E-state index is 13.2. The summed E-state index contributed by atoms with van der Waals surface area (Å²) in [4.78, 5) is 16.0. The quantitative estimate of drug-likeness (QED) is 0.706. The van der Waals surface area contributed by atoms with E-state index in [0.29, 0.717) is 32.5 Å². The lowest BCUT2D eigenvalue weighted by Crippen LogP contribution is -2.49. The highest BCUT2D eigenvalue weighted by atomic mass is 35.5. The molecule has 1 aliphatic heterocycles. The van der Waals surface area contributed by atoms with Crippen molar-refractivity contribution in [3.05, 3.63) is 17.2 Å². The van der Waals surface area contributed by atoms with Crippen LogP contribution in [0.4, 0.5) is 4.79 Å². The van der Waals surface area contributed by atoms with E-state index in [4.69, 9.17) is 21.1 Å². The summed E-state index contributed by atoms with van der Waals surface area (Å²) in [6.07, 6.45) is 1.10. The monoisotopic (exact) mass is 433 g/mol. The minimum atomic E-state index is -3.69. The number of ether oxygens (including phenoxy) is 2. The third-order valence-corrected chi connectivity index (χ3v) is 7.11. The van der Waals surface area contributed by atoms with Crippen molar-refractivity contribution in [3.8, 4) is 11.5 Å².